The lowest BCUT2D eigenvalue weighted by atomic mass is 9.96. The molecule has 7 heteroatoms. The summed E-state index contributed by atoms with van der Waals surface area (Å²) in [5.41, 5.74) is -0.181. The number of rotatable bonds is 2. The first-order valence-corrected chi connectivity index (χ1v) is 7.25. The van der Waals surface area contributed by atoms with Gasteiger partial charge in [-0.3, -0.25) is 9.59 Å². The van der Waals surface area contributed by atoms with Crippen LogP contribution in [-0.4, -0.2) is 37.0 Å². The predicted octanol–water partition coefficient (Wildman–Crippen LogP) is 2.75. The van der Waals surface area contributed by atoms with E-state index in [1.807, 2.05) is 0 Å². The lowest BCUT2D eigenvalue weighted by Gasteiger charge is -2.30. The molecule has 0 unspecified atom stereocenters. The smallest absolute Gasteiger partial charge is 0.308 e. The van der Waals surface area contributed by atoms with Crippen LogP contribution in [0.1, 0.15) is 23.2 Å². The second-order valence-electron chi connectivity index (χ2n) is 4.84. The molecule has 2 rings (SSSR count). The number of ether oxygens (including phenoxy) is 1. The largest absolute Gasteiger partial charge is 0.469 e. The van der Waals surface area contributed by atoms with Crippen molar-refractivity contribution < 1.29 is 23.1 Å². The van der Waals surface area contributed by atoms with Crippen LogP contribution >= 0.6 is 15.9 Å². The molecule has 0 atom stereocenters. The van der Waals surface area contributed by atoms with Crippen LogP contribution in [0.2, 0.25) is 0 Å². The summed E-state index contributed by atoms with van der Waals surface area (Å²) in [5, 5.41) is 0. The summed E-state index contributed by atoms with van der Waals surface area (Å²) in [6, 6.07) is 1.82. The number of piperidine rings is 1. The van der Waals surface area contributed by atoms with Gasteiger partial charge in [0.1, 0.15) is 11.6 Å². The monoisotopic (exact) mass is 361 g/mol. The van der Waals surface area contributed by atoms with Gasteiger partial charge in [0, 0.05) is 19.2 Å². The van der Waals surface area contributed by atoms with Crippen molar-refractivity contribution in [3.05, 3.63) is 33.8 Å². The molecular weight excluding hydrogens is 348 g/mol. The molecule has 1 heterocycles. The molecular formula is C14H14BrF2NO3. The molecule has 21 heavy (non-hydrogen) atoms. The second kappa shape index (κ2) is 6.51. The van der Waals surface area contributed by atoms with Gasteiger partial charge in [-0.15, -0.1) is 0 Å². The standard InChI is InChI=1S/C14H14BrF2NO3/c1-21-14(20)8-2-4-18(5-3-8)13(19)9-6-10(15)12(17)7-11(9)16/h6-8H,2-5H2,1H3. The van der Waals surface area contributed by atoms with Gasteiger partial charge in [0.25, 0.3) is 5.91 Å². The summed E-state index contributed by atoms with van der Waals surface area (Å²) in [6.07, 6.45) is 0.949. The number of methoxy groups -OCH3 is 1. The minimum Gasteiger partial charge on any atom is -0.469 e. The van der Waals surface area contributed by atoms with E-state index in [0.717, 1.165) is 6.07 Å². The van der Waals surface area contributed by atoms with Crippen LogP contribution in [-0.2, 0) is 9.53 Å². The summed E-state index contributed by atoms with van der Waals surface area (Å²) in [6.45, 7) is 0.681. The van der Waals surface area contributed by atoms with Gasteiger partial charge >= 0.3 is 5.97 Å². The predicted molar refractivity (Wildman–Crippen MR) is 74.7 cm³/mol. The van der Waals surface area contributed by atoms with Crippen LogP contribution in [0.3, 0.4) is 0 Å². The fourth-order valence-corrected chi connectivity index (χ4v) is 2.69. The number of hydrogen-bond donors (Lipinski definition) is 0. The number of carbonyl (C=O) groups excluding carboxylic acids is 2. The Kier molecular flexibility index (Phi) is 4.92. The van der Waals surface area contributed by atoms with E-state index >= 15 is 0 Å². The van der Waals surface area contributed by atoms with Crippen LogP contribution in [0.5, 0.6) is 0 Å². The zero-order chi connectivity index (χ0) is 15.6. The van der Waals surface area contributed by atoms with Crippen molar-refractivity contribution in [3.63, 3.8) is 0 Å². The Labute approximate surface area is 129 Å². The highest BCUT2D eigenvalue weighted by molar-refractivity contribution is 9.10. The third-order valence-electron chi connectivity index (χ3n) is 3.56. The Hall–Kier alpha value is -1.50. The fraction of sp³-hybridized carbons (Fsp3) is 0.429. The summed E-state index contributed by atoms with van der Waals surface area (Å²) >= 11 is 2.94. The van der Waals surface area contributed by atoms with Gasteiger partial charge in [-0.2, -0.15) is 0 Å². The van der Waals surface area contributed by atoms with Gasteiger partial charge in [0.05, 0.1) is 23.1 Å². The number of benzene rings is 1. The summed E-state index contributed by atoms with van der Waals surface area (Å²) in [4.78, 5) is 25.1. The van der Waals surface area contributed by atoms with Gasteiger partial charge in [0.15, 0.2) is 0 Å². The maximum absolute atomic E-state index is 13.7. The Bertz CT molecular complexity index is 572. The van der Waals surface area contributed by atoms with Gasteiger partial charge in [-0.25, -0.2) is 8.78 Å². The number of amides is 1. The molecule has 1 aromatic rings. The number of hydrogen-bond acceptors (Lipinski definition) is 3. The lowest BCUT2D eigenvalue weighted by Crippen LogP contribution is -2.40. The highest BCUT2D eigenvalue weighted by atomic mass is 79.9. The van der Waals surface area contributed by atoms with E-state index in [9.17, 15) is 18.4 Å². The zero-order valence-electron chi connectivity index (χ0n) is 11.4. The highest BCUT2D eigenvalue weighted by Gasteiger charge is 2.29. The van der Waals surface area contributed by atoms with Crippen LogP contribution in [0.4, 0.5) is 8.78 Å². The van der Waals surface area contributed by atoms with Crippen molar-refractivity contribution in [2.24, 2.45) is 5.92 Å². The molecule has 0 N–H and O–H groups in total. The van der Waals surface area contributed by atoms with E-state index in [4.69, 9.17) is 0 Å². The number of likely N-dealkylation sites (tertiary alicyclic amines) is 1. The number of nitrogens with zero attached hydrogens (tertiary/aromatic N) is 1. The van der Waals surface area contributed by atoms with Crippen molar-refractivity contribution >= 4 is 27.8 Å². The summed E-state index contributed by atoms with van der Waals surface area (Å²) in [5.74, 6) is -2.68. The molecule has 1 aromatic carbocycles. The second-order valence-corrected chi connectivity index (χ2v) is 5.69. The van der Waals surface area contributed by atoms with E-state index in [-0.39, 0.29) is 21.9 Å². The van der Waals surface area contributed by atoms with E-state index in [0.29, 0.717) is 32.0 Å². The number of halogens is 3. The minimum atomic E-state index is -0.893. The van der Waals surface area contributed by atoms with Crippen LogP contribution < -0.4 is 0 Å². The highest BCUT2D eigenvalue weighted by Crippen LogP contribution is 2.24. The molecule has 1 amide bonds. The molecule has 0 bridgehead atoms. The number of esters is 1. The van der Waals surface area contributed by atoms with Crippen molar-refractivity contribution in [2.75, 3.05) is 20.2 Å². The quantitative estimate of drug-likeness (QED) is 0.601. The summed E-state index contributed by atoms with van der Waals surface area (Å²) in [7, 11) is 1.32. The average Bonchev–Trinajstić information content (AvgIpc) is 2.49. The van der Waals surface area contributed by atoms with Crippen LogP contribution in [0.15, 0.2) is 16.6 Å². The Balaban J connectivity index is 2.09. The minimum absolute atomic E-state index is 0.0386. The SMILES string of the molecule is COC(=O)C1CCN(C(=O)c2cc(Br)c(F)cc2F)CC1. The van der Waals surface area contributed by atoms with Gasteiger partial charge < -0.3 is 9.64 Å². The maximum atomic E-state index is 13.7. The first kappa shape index (κ1) is 15.9. The third kappa shape index (κ3) is 3.40. The van der Waals surface area contributed by atoms with Crippen molar-refractivity contribution in [1.29, 1.82) is 0 Å². The van der Waals surface area contributed by atoms with E-state index < -0.39 is 17.5 Å². The van der Waals surface area contributed by atoms with Crippen molar-refractivity contribution in [3.8, 4) is 0 Å². The molecule has 114 valence electrons. The molecule has 0 spiro atoms. The van der Waals surface area contributed by atoms with E-state index in [1.165, 1.54) is 12.0 Å². The van der Waals surface area contributed by atoms with Gasteiger partial charge in [-0.05, 0) is 34.8 Å². The Morgan fingerprint density at radius 1 is 1.24 bits per heavy atom. The Morgan fingerprint density at radius 2 is 1.86 bits per heavy atom. The van der Waals surface area contributed by atoms with E-state index in [2.05, 4.69) is 20.7 Å². The maximum Gasteiger partial charge on any atom is 0.308 e. The molecule has 0 aliphatic carbocycles. The molecule has 1 saturated heterocycles. The molecule has 4 nitrogen and oxygen atoms in total. The third-order valence-corrected chi connectivity index (χ3v) is 4.16. The molecule has 0 saturated carbocycles. The normalized spacial score (nSPS) is 15.9. The molecule has 1 fully saturated rings. The fourth-order valence-electron chi connectivity index (χ4n) is 2.34. The van der Waals surface area contributed by atoms with Crippen molar-refractivity contribution in [1.82, 2.24) is 4.90 Å². The van der Waals surface area contributed by atoms with Crippen LogP contribution in [0.25, 0.3) is 0 Å². The molecule has 1 aliphatic heterocycles. The van der Waals surface area contributed by atoms with Crippen LogP contribution in [0, 0.1) is 17.6 Å². The van der Waals surface area contributed by atoms with Gasteiger partial charge in [-0.1, -0.05) is 0 Å². The zero-order valence-corrected chi connectivity index (χ0v) is 13.0. The Morgan fingerprint density at radius 3 is 2.43 bits per heavy atom. The van der Waals surface area contributed by atoms with Gasteiger partial charge in [0.2, 0.25) is 0 Å². The lowest BCUT2D eigenvalue weighted by molar-refractivity contribution is -0.146. The number of carbonyl (C=O) groups is 2. The first-order chi connectivity index (χ1) is 9.93. The molecule has 0 aromatic heterocycles. The molecule has 1 aliphatic rings. The average molecular weight is 362 g/mol. The van der Waals surface area contributed by atoms with Crippen molar-refractivity contribution in [2.45, 2.75) is 12.8 Å². The van der Waals surface area contributed by atoms with E-state index in [1.54, 1.807) is 0 Å². The topological polar surface area (TPSA) is 46.6 Å². The molecule has 0 radical (unpaired) electrons. The summed E-state index contributed by atoms with van der Waals surface area (Å²) < 4.78 is 31.6. The first-order valence-electron chi connectivity index (χ1n) is 6.45.